The molecule has 0 amide bonds. The van der Waals surface area contributed by atoms with Crippen LogP contribution >= 0.6 is 11.3 Å². The van der Waals surface area contributed by atoms with Crippen LogP contribution in [0.15, 0.2) is 10.3 Å². The van der Waals surface area contributed by atoms with Crippen molar-refractivity contribution >= 4 is 32.0 Å². The van der Waals surface area contributed by atoms with Crippen molar-refractivity contribution in [1.29, 1.82) is 0 Å². The Morgan fingerprint density at radius 1 is 1.43 bits per heavy atom. The van der Waals surface area contributed by atoms with Gasteiger partial charge in [0.05, 0.1) is 4.92 Å². The topological polar surface area (TPSA) is 113 Å². The van der Waals surface area contributed by atoms with Crippen LogP contribution in [0.2, 0.25) is 0 Å². The van der Waals surface area contributed by atoms with E-state index in [0.717, 1.165) is 23.8 Å². The molecule has 1 aromatic heterocycles. The average molecular weight is 337 g/mol. The summed E-state index contributed by atoms with van der Waals surface area (Å²) in [5.41, 5.74) is -0.241. The maximum Gasteiger partial charge on any atom is 0.304 e. The van der Waals surface area contributed by atoms with E-state index >= 15 is 0 Å². The van der Waals surface area contributed by atoms with Gasteiger partial charge in [-0.15, -0.1) is 0 Å². The number of unbranched alkanes of at least 4 members (excludes halogenated alkanes) is 2. The van der Waals surface area contributed by atoms with Crippen LogP contribution in [0, 0.1) is 10.1 Å². The molecule has 1 heterocycles. The highest BCUT2D eigenvalue weighted by Gasteiger charge is 2.28. The first-order chi connectivity index (χ1) is 9.84. The fraction of sp³-hybridized carbons (Fsp3) is 0.636. The number of anilines is 1. The zero-order valence-corrected chi connectivity index (χ0v) is 13.5. The molecule has 0 unspecified atom stereocenters. The monoisotopic (exact) mass is 337 g/mol. The number of nitro groups is 1. The molecule has 0 aliphatic heterocycles. The van der Waals surface area contributed by atoms with Gasteiger partial charge in [-0.25, -0.2) is 12.7 Å². The molecule has 1 aromatic rings. The van der Waals surface area contributed by atoms with Gasteiger partial charge in [0, 0.05) is 33.3 Å². The van der Waals surface area contributed by atoms with E-state index in [0.29, 0.717) is 19.4 Å². The van der Waals surface area contributed by atoms with Crippen molar-refractivity contribution in [1.82, 2.24) is 4.31 Å². The smallest absolute Gasteiger partial charge is 0.304 e. The van der Waals surface area contributed by atoms with Gasteiger partial charge in [-0.1, -0.05) is 11.3 Å². The van der Waals surface area contributed by atoms with E-state index < -0.39 is 14.9 Å². The van der Waals surface area contributed by atoms with Crippen LogP contribution in [0.5, 0.6) is 0 Å². The normalized spacial score (nSPS) is 11.8. The first-order valence-electron chi connectivity index (χ1n) is 6.37. The zero-order valence-electron chi connectivity index (χ0n) is 11.9. The number of rotatable bonds is 9. The lowest BCUT2D eigenvalue weighted by molar-refractivity contribution is -0.383. The molecule has 1 rings (SSSR count). The Morgan fingerprint density at radius 2 is 2.10 bits per heavy atom. The third-order valence-corrected chi connectivity index (χ3v) is 6.36. The van der Waals surface area contributed by atoms with E-state index in [9.17, 15) is 18.5 Å². The Labute approximate surface area is 127 Å². The molecule has 8 nitrogen and oxygen atoms in total. The minimum atomic E-state index is -3.73. The van der Waals surface area contributed by atoms with Crippen molar-refractivity contribution in [3.63, 3.8) is 0 Å². The quantitative estimate of drug-likeness (QED) is 0.401. The van der Waals surface area contributed by atoms with Crippen molar-refractivity contribution < 1.29 is 18.4 Å². The van der Waals surface area contributed by atoms with E-state index in [2.05, 4.69) is 5.32 Å². The molecule has 0 spiro atoms. The lowest BCUT2D eigenvalue weighted by Gasteiger charge is -2.15. The highest BCUT2D eigenvalue weighted by molar-refractivity contribution is 7.91. The molecular formula is C11H19N3O5S2. The van der Waals surface area contributed by atoms with Gasteiger partial charge in [-0.3, -0.25) is 10.1 Å². The van der Waals surface area contributed by atoms with Gasteiger partial charge in [0.15, 0.2) is 5.00 Å². The van der Waals surface area contributed by atoms with Gasteiger partial charge in [0.25, 0.3) is 10.0 Å². The number of hydrogen-bond acceptors (Lipinski definition) is 7. The lowest BCUT2D eigenvalue weighted by Crippen LogP contribution is -2.27. The van der Waals surface area contributed by atoms with Crippen LogP contribution in [0.4, 0.5) is 10.7 Å². The Morgan fingerprint density at radius 3 is 2.57 bits per heavy atom. The van der Waals surface area contributed by atoms with Gasteiger partial charge in [-0.2, -0.15) is 0 Å². The average Bonchev–Trinajstić information content (AvgIpc) is 2.88. The molecule has 0 bridgehead atoms. The summed E-state index contributed by atoms with van der Waals surface area (Å²) in [6.07, 6.45) is 1.98. The Hall–Kier alpha value is -1.23. The SMILES string of the molecule is CNc1sc(S(=O)(=O)N(C)CCCCCO)cc1[N+](=O)[O-]. The molecule has 120 valence electrons. The van der Waals surface area contributed by atoms with E-state index in [1.165, 1.54) is 18.4 Å². The van der Waals surface area contributed by atoms with Crippen LogP contribution in [-0.4, -0.2) is 50.0 Å². The molecule has 0 radical (unpaired) electrons. The Kier molecular flexibility index (Phi) is 6.52. The lowest BCUT2D eigenvalue weighted by atomic mass is 10.2. The van der Waals surface area contributed by atoms with Crippen molar-refractivity contribution in [2.45, 2.75) is 23.5 Å². The van der Waals surface area contributed by atoms with Crippen molar-refractivity contribution in [2.75, 3.05) is 32.6 Å². The second-order valence-corrected chi connectivity index (χ2v) is 7.72. The van der Waals surface area contributed by atoms with Crippen LogP contribution in [-0.2, 0) is 10.0 Å². The molecule has 10 heteroatoms. The van der Waals surface area contributed by atoms with Gasteiger partial charge in [-0.05, 0) is 19.3 Å². The number of aliphatic hydroxyl groups is 1. The molecule has 21 heavy (non-hydrogen) atoms. The van der Waals surface area contributed by atoms with Gasteiger partial charge in [0.2, 0.25) is 0 Å². The third kappa shape index (κ3) is 4.37. The maximum atomic E-state index is 12.3. The van der Waals surface area contributed by atoms with Crippen LogP contribution < -0.4 is 5.32 Å². The van der Waals surface area contributed by atoms with Crippen molar-refractivity contribution in [3.8, 4) is 0 Å². The Bertz CT molecular complexity index is 585. The highest BCUT2D eigenvalue weighted by Crippen LogP contribution is 2.37. The summed E-state index contributed by atoms with van der Waals surface area (Å²) in [5, 5.41) is 22.4. The highest BCUT2D eigenvalue weighted by atomic mass is 32.2. The molecule has 0 saturated heterocycles. The first kappa shape index (κ1) is 17.8. The zero-order chi connectivity index (χ0) is 16.0. The first-order valence-corrected chi connectivity index (χ1v) is 8.63. The summed E-state index contributed by atoms with van der Waals surface area (Å²) < 4.78 is 25.8. The summed E-state index contributed by atoms with van der Waals surface area (Å²) in [5.74, 6) is 0. The van der Waals surface area contributed by atoms with Gasteiger partial charge < -0.3 is 10.4 Å². The number of sulfonamides is 1. The van der Waals surface area contributed by atoms with Crippen LogP contribution in [0.1, 0.15) is 19.3 Å². The molecular weight excluding hydrogens is 318 g/mol. The van der Waals surface area contributed by atoms with E-state index in [1.54, 1.807) is 0 Å². The van der Waals surface area contributed by atoms with Crippen molar-refractivity contribution in [3.05, 3.63) is 16.2 Å². The largest absolute Gasteiger partial charge is 0.396 e. The van der Waals surface area contributed by atoms with Crippen LogP contribution in [0.3, 0.4) is 0 Å². The van der Waals surface area contributed by atoms with E-state index in [-0.39, 0.29) is 21.5 Å². The fourth-order valence-corrected chi connectivity index (χ4v) is 4.40. The molecule has 0 aliphatic carbocycles. The number of nitrogens with zero attached hydrogens (tertiary/aromatic N) is 2. The maximum absolute atomic E-state index is 12.3. The molecule has 0 fully saturated rings. The summed E-state index contributed by atoms with van der Waals surface area (Å²) in [7, 11) is -0.775. The minimum absolute atomic E-state index is 0.0526. The number of aliphatic hydroxyl groups excluding tert-OH is 1. The molecule has 0 saturated carbocycles. The molecule has 0 aliphatic rings. The minimum Gasteiger partial charge on any atom is -0.396 e. The molecule has 0 aromatic carbocycles. The summed E-state index contributed by atoms with van der Waals surface area (Å²) in [6, 6.07) is 1.08. The summed E-state index contributed by atoms with van der Waals surface area (Å²) >= 11 is 0.844. The van der Waals surface area contributed by atoms with Crippen molar-refractivity contribution in [2.24, 2.45) is 0 Å². The summed E-state index contributed by atoms with van der Waals surface area (Å²) in [4.78, 5) is 10.3. The molecule has 0 atom stereocenters. The van der Waals surface area contributed by atoms with Gasteiger partial charge in [0.1, 0.15) is 4.21 Å². The fourth-order valence-electron chi connectivity index (χ4n) is 1.70. The second-order valence-electron chi connectivity index (χ2n) is 4.40. The number of hydrogen-bond donors (Lipinski definition) is 2. The third-order valence-electron chi connectivity index (χ3n) is 2.91. The number of nitrogens with one attached hydrogen (secondary N) is 1. The van der Waals surface area contributed by atoms with E-state index in [4.69, 9.17) is 5.11 Å². The Balaban J connectivity index is 2.89. The summed E-state index contributed by atoms with van der Waals surface area (Å²) in [6.45, 7) is 0.391. The van der Waals surface area contributed by atoms with Crippen LogP contribution in [0.25, 0.3) is 0 Å². The molecule has 2 N–H and O–H groups in total. The predicted octanol–water partition coefficient (Wildman–Crippen LogP) is 1.48. The second kappa shape index (κ2) is 7.69. The number of thiophene rings is 1. The predicted molar refractivity (Wildman–Crippen MR) is 81.3 cm³/mol. The van der Waals surface area contributed by atoms with E-state index in [1.807, 2.05) is 0 Å². The van der Waals surface area contributed by atoms with Gasteiger partial charge >= 0.3 is 5.69 Å². The standard InChI is InChI=1S/C11H19N3O5S2/c1-12-11-9(14(16)17)8-10(20-11)21(18,19)13(2)6-4-3-5-7-15/h8,12,15H,3-7H2,1-2H3.